The van der Waals surface area contributed by atoms with E-state index >= 15 is 0 Å². The van der Waals surface area contributed by atoms with E-state index in [-0.39, 0.29) is 17.3 Å². The Hall–Kier alpha value is -1.21. The summed E-state index contributed by atoms with van der Waals surface area (Å²) >= 11 is 1.79. The minimum absolute atomic E-state index is 0.0704. The van der Waals surface area contributed by atoms with E-state index < -0.39 is 5.76 Å². The summed E-state index contributed by atoms with van der Waals surface area (Å²) in [6.07, 6.45) is 5.53. The highest BCUT2D eigenvalue weighted by Gasteiger charge is 2.23. The lowest BCUT2D eigenvalue weighted by atomic mass is 9.97. The van der Waals surface area contributed by atoms with E-state index in [1.807, 2.05) is 0 Å². The predicted molar refractivity (Wildman–Crippen MR) is 82.6 cm³/mol. The molecule has 0 saturated carbocycles. The Balaban J connectivity index is 2.26. The van der Waals surface area contributed by atoms with E-state index in [1.165, 1.54) is 26.9 Å². The molecule has 2 aromatic heterocycles. The molecule has 0 N–H and O–H groups in total. The van der Waals surface area contributed by atoms with Crippen LogP contribution in [0.25, 0.3) is 10.2 Å². The Morgan fingerprint density at radius 3 is 2.90 bits per heavy atom. The van der Waals surface area contributed by atoms with Gasteiger partial charge in [-0.05, 0) is 43.0 Å². The summed E-state index contributed by atoms with van der Waals surface area (Å²) in [6.45, 7) is 3.79. The van der Waals surface area contributed by atoms with Crippen LogP contribution >= 0.6 is 23.1 Å². The van der Waals surface area contributed by atoms with Crippen molar-refractivity contribution in [3.05, 3.63) is 33.4 Å². The summed E-state index contributed by atoms with van der Waals surface area (Å²) in [7, 11) is 0. The third-order valence-electron chi connectivity index (χ3n) is 3.55. The van der Waals surface area contributed by atoms with Crippen LogP contribution in [-0.2, 0) is 19.4 Å². The molecule has 1 aliphatic rings. The number of aryl methyl sites for hydroxylation is 2. The van der Waals surface area contributed by atoms with Crippen LogP contribution in [0, 0.1) is 0 Å². The first-order valence-electron chi connectivity index (χ1n) is 6.72. The van der Waals surface area contributed by atoms with Crippen molar-refractivity contribution in [2.45, 2.75) is 43.1 Å². The van der Waals surface area contributed by atoms with Crippen LogP contribution < -0.4 is 5.56 Å². The molecule has 2 heterocycles. The Labute approximate surface area is 128 Å². The van der Waals surface area contributed by atoms with Crippen molar-refractivity contribution < 1.29 is 8.78 Å². The highest BCUT2D eigenvalue weighted by molar-refractivity contribution is 7.99. The SMILES string of the molecule is C=CCn1c(SC(F)F)nc2sc3c(c2c1=O)CCCC3. The standard InChI is InChI=1S/C14H14F2N2OS2/c1-2-7-18-12(19)10-8-5-3-4-6-9(8)20-11(10)17-14(18)21-13(15)16/h2,13H,1,3-7H2. The van der Waals surface area contributed by atoms with Crippen LogP contribution in [0.2, 0.25) is 0 Å². The molecule has 0 radical (unpaired) electrons. The summed E-state index contributed by atoms with van der Waals surface area (Å²) in [5.41, 5.74) is 0.854. The van der Waals surface area contributed by atoms with E-state index in [9.17, 15) is 13.6 Å². The summed E-state index contributed by atoms with van der Waals surface area (Å²) < 4.78 is 26.7. The molecule has 21 heavy (non-hydrogen) atoms. The molecule has 0 unspecified atom stereocenters. The van der Waals surface area contributed by atoms with Crippen molar-refractivity contribution in [1.82, 2.24) is 9.55 Å². The fourth-order valence-electron chi connectivity index (χ4n) is 2.68. The molecule has 3 rings (SSSR count). The zero-order valence-corrected chi connectivity index (χ0v) is 12.9. The lowest BCUT2D eigenvalue weighted by molar-refractivity contribution is 0.251. The number of halogens is 2. The van der Waals surface area contributed by atoms with Crippen LogP contribution in [-0.4, -0.2) is 15.3 Å². The van der Waals surface area contributed by atoms with Crippen molar-refractivity contribution in [2.75, 3.05) is 0 Å². The maximum Gasteiger partial charge on any atom is 0.291 e. The van der Waals surface area contributed by atoms with Crippen LogP contribution in [0.3, 0.4) is 0 Å². The lowest BCUT2D eigenvalue weighted by Crippen LogP contribution is -2.23. The van der Waals surface area contributed by atoms with Gasteiger partial charge in [0.2, 0.25) is 0 Å². The largest absolute Gasteiger partial charge is 0.291 e. The fraction of sp³-hybridized carbons (Fsp3) is 0.429. The molecule has 0 amide bonds. The molecule has 7 heteroatoms. The van der Waals surface area contributed by atoms with Crippen LogP contribution in [0.5, 0.6) is 0 Å². The molecule has 112 valence electrons. The minimum Gasteiger partial charge on any atom is -0.283 e. The third-order valence-corrected chi connectivity index (χ3v) is 5.43. The van der Waals surface area contributed by atoms with Crippen LogP contribution in [0.15, 0.2) is 22.6 Å². The second-order valence-electron chi connectivity index (χ2n) is 4.87. The number of aromatic nitrogens is 2. The van der Waals surface area contributed by atoms with Crippen molar-refractivity contribution >= 4 is 33.3 Å². The van der Waals surface area contributed by atoms with Crippen molar-refractivity contribution in [1.29, 1.82) is 0 Å². The molecule has 1 aliphatic carbocycles. The van der Waals surface area contributed by atoms with Gasteiger partial charge in [0, 0.05) is 11.4 Å². The predicted octanol–water partition coefficient (Wildman–Crippen LogP) is 3.84. The van der Waals surface area contributed by atoms with Gasteiger partial charge in [-0.3, -0.25) is 9.36 Å². The molecular formula is C14H14F2N2OS2. The Morgan fingerprint density at radius 2 is 2.19 bits per heavy atom. The van der Waals surface area contributed by atoms with Crippen LogP contribution in [0.4, 0.5) is 8.78 Å². The maximum atomic E-state index is 12.7. The Kier molecular flexibility index (Phi) is 4.12. The zero-order chi connectivity index (χ0) is 15.0. The second-order valence-corrected chi connectivity index (χ2v) is 6.91. The molecular weight excluding hydrogens is 314 g/mol. The number of fused-ring (bicyclic) bond motifs is 3. The molecule has 0 aliphatic heterocycles. The van der Waals surface area contributed by atoms with Gasteiger partial charge in [0.15, 0.2) is 5.16 Å². The number of alkyl halides is 2. The topological polar surface area (TPSA) is 34.9 Å². The number of hydrogen-bond acceptors (Lipinski definition) is 4. The normalized spacial score (nSPS) is 14.6. The number of nitrogens with zero attached hydrogens (tertiary/aromatic N) is 2. The average Bonchev–Trinajstić information content (AvgIpc) is 2.80. The lowest BCUT2D eigenvalue weighted by Gasteiger charge is -2.12. The molecule has 0 bridgehead atoms. The van der Waals surface area contributed by atoms with E-state index in [1.54, 1.807) is 0 Å². The van der Waals surface area contributed by atoms with Crippen molar-refractivity contribution in [3.8, 4) is 0 Å². The number of hydrogen-bond donors (Lipinski definition) is 0. The van der Waals surface area contributed by atoms with E-state index in [2.05, 4.69) is 11.6 Å². The first-order chi connectivity index (χ1) is 10.1. The molecule has 0 spiro atoms. The van der Waals surface area contributed by atoms with Gasteiger partial charge in [-0.15, -0.1) is 17.9 Å². The molecule has 2 aromatic rings. The monoisotopic (exact) mass is 328 g/mol. The van der Waals surface area contributed by atoms with Crippen molar-refractivity contribution in [2.24, 2.45) is 0 Å². The average molecular weight is 328 g/mol. The Morgan fingerprint density at radius 1 is 1.43 bits per heavy atom. The minimum atomic E-state index is -2.60. The number of rotatable bonds is 4. The van der Waals surface area contributed by atoms with Gasteiger partial charge in [-0.1, -0.05) is 6.08 Å². The van der Waals surface area contributed by atoms with E-state index in [0.717, 1.165) is 31.2 Å². The molecule has 0 saturated heterocycles. The van der Waals surface area contributed by atoms with Crippen molar-refractivity contribution in [3.63, 3.8) is 0 Å². The summed E-state index contributed by atoms with van der Waals surface area (Å²) in [6, 6.07) is 0. The smallest absolute Gasteiger partial charge is 0.283 e. The third kappa shape index (κ3) is 2.64. The Bertz CT molecular complexity index is 751. The highest BCUT2D eigenvalue weighted by atomic mass is 32.2. The van der Waals surface area contributed by atoms with E-state index in [4.69, 9.17) is 0 Å². The van der Waals surface area contributed by atoms with Gasteiger partial charge in [-0.2, -0.15) is 8.78 Å². The molecule has 0 atom stereocenters. The summed E-state index contributed by atoms with van der Waals surface area (Å²) in [5.74, 6) is -2.60. The molecule has 0 fully saturated rings. The quantitative estimate of drug-likeness (QED) is 0.486. The fourth-order valence-corrected chi connectivity index (χ4v) is 4.58. The molecule has 3 nitrogen and oxygen atoms in total. The van der Waals surface area contributed by atoms with Gasteiger partial charge < -0.3 is 0 Å². The summed E-state index contributed by atoms with van der Waals surface area (Å²) in [4.78, 5) is 18.8. The summed E-state index contributed by atoms with van der Waals surface area (Å²) in [5, 5.41) is 0.691. The maximum absolute atomic E-state index is 12.7. The van der Waals surface area contributed by atoms with Gasteiger partial charge in [0.25, 0.3) is 11.3 Å². The molecule has 0 aromatic carbocycles. The zero-order valence-electron chi connectivity index (χ0n) is 11.3. The van der Waals surface area contributed by atoms with E-state index in [0.29, 0.717) is 22.0 Å². The highest BCUT2D eigenvalue weighted by Crippen LogP contribution is 2.35. The van der Waals surface area contributed by atoms with Crippen LogP contribution in [0.1, 0.15) is 23.3 Å². The number of thiophene rings is 1. The van der Waals surface area contributed by atoms with Gasteiger partial charge in [0.05, 0.1) is 5.39 Å². The van der Waals surface area contributed by atoms with Gasteiger partial charge in [0.1, 0.15) is 4.83 Å². The number of thioether (sulfide) groups is 1. The van der Waals surface area contributed by atoms with Gasteiger partial charge >= 0.3 is 0 Å². The van der Waals surface area contributed by atoms with Gasteiger partial charge in [-0.25, -0.2) is 4.98 Å². The first kappa shape index (κ1) is 14.7. The number of allylic oxidation sites excluding steroid dienone is 1. The first-order valence-corrected chi connectivity index (χ1v) is 8.42. The second kappa shape index (κ2) is 5.88.